The van der Waals surface area contributed by atoms with Crippen LogP contribution in [0.5, 0.6) is 0 Å². The lowest BCUT2D eigenvalue weighted by atomic mass is 9.85. The third-order valence-corrected chi connectivity index (χ3v) is 5.00. The third-order valence-electron chi connectivity index (χ3n) is 5.00. The molecule has 4 rings (SSSR count). The summed E-state index contributed by atoms with van der Waals surface area (Å²) in [6.45, 7) is 1.49. The summed E-state index contributed by atoms with van der Waals surface area (Å²) in [5.74, 6) is -0.120. The molecule has 0 unspecified atom stereocenters. The quantitative estimate of drug-likeness (QED) is 0.474. The zero-order chi connectivity index (χ0) is 14.7. The molecule has 106 valence electrons. The highest BCUT2D eigenvalue weighted by Crippen LogP contribution is 2.53. The molecule has 4 heteroatoms. The molecule has 0 radical (unpaired) electrons. The van der Waals surface area contributed by atoms with E-state index in [1.54, 1.807) is 24.3 Å². The highest BCUT2D eigenvalue weighted by atomic mass is 16.2. The summed E-state index contributed by atoms with van der Waals surface area (Å²) in [4.78, 5) is 37.8. The predicted molar refractivity (Wildman–Crippen MR) is 76.7 cm³/mol. The van der Waals surface area contributed by atoms with E-state index in [-0.39, 0.29) is 41.3 Å². The highest BCUT2D eigenvalue weighted by Gasteiger charge is 2.59. The van der Waals surface area contributed by atoms with Gasteiger partial charge in [0.25, 0.3) is 0 Å². The Morgan fingerprint density at radius 2 is 1.52 bits per heavy atom. The number of carbonyl (C=O) groups is 3. The monoisotopic (exact) mass is 281 g/mol. The fourth-order valence-electron chi connectivity index (χ4n) is 4.00. The summed E-state index contributed by atoms with van der Waals surface area (Å²) in [6, 6.07) is 6.70. The van der Waals surface area contributed by atoms with Crippen LogP contribution in [0.15, 0.2) is 36.4 Å². The molecule has 1 heterocycles. The van der Waals surface area contributed by atoms with E-state index in [9.17, 15) is 14.4 Å². The normalized spacial score (nSPS) is 32.9. The van der Waals surface area contributed by atoms with Gasteiger partial charge in [-0.05, 0) is 49.4 Å². The molecule has 1 saturated carbocycles. The third kappa shape index (κ3) is 1.59. The van der Waals surface area contributed by atoms with E-state index in [4.69, 9.17) is 0 Å². The van der Waals surface area contributed by atoms with Gasteiger partial charge in [0.05, 0.1) is 17.5 Å². The summed E-state index contributed by atoms with van der Waals surface area (Å²) >= 11 is 0. The number of imide groups is 1. The van der Waals surface area contributed by atoms with Crippen molar-refractivity contribution < 1.29 is 14.4 Å². The summed E-state index contributed by atoms with van der Waals surface area (Å²) < 4.78 is 0. The van der Waals surface area contributed by atoms with Crippen molar-refractivity contribution in [2.75, 3.05) is 4.90 Å². The molecule has 1 aliphatic heterocycles. The first-order valence-corrected chi connectivity index (χ1v) is 7.25. The Morgan fingerprint density at radius 3 is 2.00 bits per heavy atom. The summed E-state index contributed by atoms with van der Waals surface area (Å²) in [5.41, 5.74) is 1.16. The Bertz CT molecular complexity index is 658. The SMILES string of the molecule is CC(=O)c1ccc(N2C(=O)[C@@H]3[C@@H](C2=O)[C@@H]2C=C[C@@H]3C2)cc1. The number of amides is 2. The van der Waals surface area contributed by atoms with E-state index in [0.29, 0.717) is 11.3 Å². The standard InChI is InChI=1S/C17H15NO3/c1-9(19)10-4-6-13(7-5-10)18-16(20)14-11-2-3-12(8-11)15(14)17(18)21/h2-7,11-12,14-15H,8H2,1H3/t11-,12-,14+,15+/m1/s1. The topological polar surface area (TPSA) is 54.5 Å². The minimum absolute atomic E-state index is 0.0280. The lowest BCUT2D eigenvalue weighted by molar-refractivity contribution is -0.123. The molecular formula is C17H15NO3. The summed E-state index contributed by atoms with van der Waals surface area (Å²) in [6.07, 6.45) is 5.10. The van der Waals surface area contributed by atoms with E-state index < -0.39 is 0 Å². The largest absolute Gasteiger partial charge is 0.295 e. The van der Waals surface area contributed by atoms with Crippen molar-refractivity contribution in [1.82, 2.24) is 0 Å². The predicted octanol–water partition coefficient (Wildman–Crippen LogP) is 2.20. The molecular weight excluding hydrogens is 266 g/mol. The number of benzene rings is 1. The number of anilines is 1. The Kier molecular flexibility index (Phi) is 2.46. The minimum Gasteiger partial charge on any atom is -0.295 e. The average molecular weight is 281 g/mol. The number of ketones is 1. The average Bonchev–Trinajstić information content (AvgIpc) is 3.13. The van der Waals surface area contributed by atoms with Crippen LogP contribution >= 0.6 is 0 Å². The molecule has 1 aromatic carbocycles. The van der Waals surface area contributed by atoms with Gasteiger partial charge in [-0.25, -0.2) is 0 Å². The van der Waals surface area contributed by atoms with Crippen molar-refractivity contribution in [2.45, 2.75) is 13.3 Å². The van der Waals surface area contributed by atoms with Crippen LogP contribution < -0.4 is 4.90 Å². The molecule has 2 bridgehead atoms. The lowest BCUT2D eigenvalue weighted by Crippen LogP contribution is -2.32. The first kappa shape index (κ1) is 12.5. The number of hydrogen-bond acceptors (Lipinski definition) is 3. The molecule has 1 saturated heterocycles. The number of rotatable bonds is 2. The maximum atomic E-state index is 12.6. The second-order valence-corrected chi connectivity index (χ2v) is 6.11. The second-order valence-electron chi connectivity index (χ2n) is 6.11. The van der Waals surface area contributed by atoms with Crippen LogP contribution in [-0.4, -0.2) is 17.6 Å². The Labute approximate surface area is 122 Å². The van der Waals surface area contributed by atoms with Gasteiger partial charge in [0.1, 0.15) is 0 Å². The van der Waals surface area contributed by atoms with E-state index in [2.05, 4.69) is 12.2 Å². The van der Waals surface area contributed by atoms with Gasteiger partial charge in [0, 0.05) is 5.56 Å². The Hall–Kier alpha value is -2.23. The summed E-state index contributed by atoms with van der Waals surface area (Å²) in [7, 11) is 0. The first-order chi connectivity index (χ1) is 10.1. The van der Waals surface area contributed by atoms with Crippen molar-refractivity contribution in [2.24, 2.45) is 23.7 Å². The summed E-state index contributed by atoms with van der Waals surface area (Å²) in [5, 5.41) is 0. The van der Waals surface area contributed by atoms with E-state index >= 15 is 0 Å². The van der Waals surface area contributed by atoms with Crippen LogP contribution in [0.25, 0.3) is 0 Å². The van der Waals surface area contributed by atoms with Crippen LogP contribution in [-0.2, 0) is 9.59 Å². The minimum atomic E-state index is -0.181. The molecule has 0 aromatic heterocycles. The molecule has 2 fully saturated rings. The second kappa shape index (κ2) is 4.13. The van der Waals surface area contributed by atoms with Gasteiger partial charge in [-0.2, -0.15) is 0 Å². The zero-order valence-electron chi connectivity index (χ0n) is 11.7. The fourth-order valence-corrected chi connectivity index (χ4v) is 4.00. The van der Waals surface area contributed by atoms with Crippen LogP contribution in [0, 0.1) is 23.7 Å². The molecule has 4 nitrogen and oxygen atoms in total. The van der Waals surface area contributed by atoms with Crippen LogP contribution in [0.1, 0.15) is 23.7 Å². The Morgan fingerprint density at radius 1 is 1.00 bits per heavy atom. The van der Waals surface area contributed by atoms with Crippen molar-refractivity contribution >= 4 is 23.3 Å². The van der Waals surface area contributed by atoms with E-state index in [1.807, 2.05) is 0 Å². The van der Waals surface area contributed by atoms with Crippen molar-refractivity contribution in [3.8, 4) is 0 Å². The maximum Gasteiger partial charge on any atom is 0.238 e. The molecule has 2 aliphatic carbocycles. The Balaban J connectivity index is 1.69. The van der Waals surface area contributed by atoms with Crippen molar-refractivity contribution in [3.63, 3.8) is 0 Å². The van der Waals surface area contributed by atoms with E-state index in [1.165, 1.54) is 11.8 Å². The van der Waals surface area contributed by atoms with Crippen molar-refractivity contribution in [3.05, 3.63) is 42.0 Å². The van der Waals surface area contributed by atoms with Crippen LogP contribution in [0.3, 0.4) is 0 Å². The van der Waals surface area contributed by atoms with Crippen LogP contribution in [0.4, 0.5) is 5.69 Å². The molecule has 0 spiro atoms. The highest BCUT2D eigenvalue weighted by molar-refractivity contribution is 6.22. The van der Waals surface area contributed by atoms with Gasteiger partial charge in [-0.15, -0.1) is 0 Å². The van der Waals surface area contributed by atoms with Gasteiger partial charge in [-0.1, -0.05) is 12.2 Å². The molecule has 4 atom stereocenters. The molecule has 1 aromatic rings. The number of carbonyl (C=O) groups excluding carboxylic acids is 3. The number of nitrogens with zero attached hydrogens (tertiary/aromatic N) is 1. The van der Waals surface area contributed by atoms with Gasteiger partial charge in [0.2, 0.25) is 11.8 Å². The van der Waals surface area contributed by atoms with Gasteiger partial charge in [0.15, 0.2) is 5.78 Å². The fraction of sp³-hybridized carbons (Fsp3) is 0.353. The van der Waals surface area contributed by atoms with Crippen molar-refractivity contribution in [1.29, 1.82) is 0 Å². The van der Waals surface area contributed by atoms with Gasteiger partial charge in [-0.3, -0.25) is 19.3 Å². The molecule has 2 amide bonds. The number of Topliss-reactive ketones (excluding diaryl/α,β-unsaturated/α-hetero) is 1. The zero-order valence-corrected chi connectivity index (χ0v) is 11.7. The number of fused-ring (bicyclic) bond motifs is 5. The molecule has 21 heavy (non-hydrogen) atoms. The first-order valence-electron chi connectivity index (χ1n) is 7.25. The lowest BCUT2D eigenvalue weighted by Gasteiger charge is -2.17. The number of hydrogen-bond donors (Lipinski definition) is 0. The van der Waals surface area contributed by atoms with Gasteiger partial charge >= 0.3 is 0 Å². The molecule has 3 aliphatic rings. The van der Waals surface area contributed by atoms with Crippen LogP contribution in [0.2, 0.25) is 0 Å². The van der Waals surface area contributed by atoms with Gasteiger partial charge < -0.3 is 0 Å². The van der Waals surface area contributed by atoms with E-state index in [0.717, 1.165) is 6.42 Å². The number of allylic oxidation sites excluding steroid dienone is 2. The maximum absolute atomic E-state index is 12.6. The molecule has 0 N–H and O–H groups in total. The smallest absolute Gasteiger partial charge is 0.238 e.